The molecule has 2 rings (SSSR count). The number of amides is 1. The Morgan fingerprint density at radius 3 is 2.90 bits per heavy atom. The molecule has 1 amide bonds. The Labute approximate surface area is 119 Å². The zero-order valence-corrected chi connectivity index (χ0v) is 11.7. The Morgan fingerprint density at radius 1 is 1.45 bits per heavy atom. The highest BCUT2D eigenvalue weighted by molar-refractivity contribution is 5.76. The summed E-state index contributed by atoms with van der Waals surface area (Å²) in [5.74, 6) is 0.804. The van der Waals surface area contributed by atoms with Gasteiger partial charge < -0.3 is 19.5 Å². The molecule has 5 nitrogen and oxygen atoms in total. The van der Waals surface area contributed by atoms with E-state index in [1.807, 2.05) is 37.3 Å². The van der Waals surface area contributed by atoms with E-state index in [0.29, 0.717) is 26.2 Å². The van der Waals surface area contributed by atoms with Gasteiger partial charge in [0.2, 0.25) is 5.91 Å². The molecule has 1 aromatic carbocycles. The van der Waals surface area contributed by atoms with Gasteiger partial charge in [-0.3, -0.25) is 4.79 Å². The van der Waals surface area contributed by atoms with Crippen molar-refractivity contribution in [2.45, 2.75) is 25.5 Å². The van der Waals surface area contributed by atoms with E-state index in [-0.39, 0.29) is 24.7 Å². The van der Waals surface area contributed by atoms with Gasteiger partial charge in [-0.05, 0) is 19.1 Å². The minimum atomic E-state index is -0.273. The molecule has 0 aromatic heterocycles. The highest BCUT2D eigenvalue weighted by Crippen LogP contribution is 2.14. The second-order valence-electron chi connectivity index (χ2n) is 4.94. The lowest BCUT2D eigenvalue weighted by atomic mass is 10.2. The van der Waals surface area contributed by atoms with Crippen LogP contribution in [0.25, 0.3) is 0 Å². The minimum Gasteiger partial charge on any atom is -0.493 e. The number of para-hydroxylation sites is 1. The Kier molecular flexibility index (Phi) is 5.38. The number of carbonyl (C=O) groups is 1. The number of aliphatic hydroxyl groups is 1. The van der Waals surface area contributed by atoms with Crippen LogP contribution in [0.2, 0.25) is 0 Å². The van der Waals surface area contributed by atoms with Gasteiger partial charge in [0.05, 0.1) is 38.4 Å². The summed E-state index contributed by atoms with van der Waals surface area (Å²) < 4.78 is 10.9. The number of hydrogen-bond donors (Lipinski definition) is 1. The molecule has 0 radical (unpaired) electrons. The van der Waals surface area contributed by atoms with Crippen molar-refractivity contribution in [1.82, 2.24) is 4.90 Å². The van der Waals surface area contributed by atoms with Crippen molar-refractivity contribution in [1.29, 1.82) is 0 Å². The maximum Gasteiger partial charge on any atom is 0.226 e. The summed E-state index contributed by atoms with van der Waals surface area (Å²) in [6.07, 6.45) is 0.0578. The Balaban J connectivity index is 1.79. The summed E-state index contributed by atoms with van der Waals surface area (Å²) in [5, 5.41) is 9.11. The van der Waals surface area contributed by atoms with Gasteiger partial charge in [0, 0.05) is 6.54 Å². The van der Waals surface area contributed by atoms with Crippen LogP contribution >= 0.6 is 0 Å². The van der Waals surface area contributed by atoms with E-state index in [4.69, 9.17) is 14.6 Å². The molecule has 2 unspecified atom stereocenters. The van der Waals surface area contributed by atoms with Crippen LogP contribution in [-0.4, -0.2) is 54.4 Å². The highest BCUT2D eigenvalue weighted by Gasteiger charge is 2.28. The van der Waals surface area contributed by atoms with Crippen molar-refractivity contribution in [3.63, 3.8) is 0 Å². The molecule has 2 atom stereocenters. The summed E-state index contributed by atoms with van der Waals surface area (Å²) in [4.78, 5) is 13.9. The Bertz CT molecular complexity index is 423. The quantitative estimate of drug-likeness (QED) is 0.875. The molecule has 1 heterocycles. The van der Waals surface area contributed by atoms with Crippen molar-refractivity contribution >= 4 is 5.91 Å². The number of carbonyl (C=O) groups excluding carboxylic acids is 1. The third kappa shape index (κ3) is 3.95. The number of benzene rings is 1. The second kappa shape index (κ2) is 7.26. The van der Waals surface area contributed by atoms with E-state index in [0.717, 1.165) is 5.75 Å². The van der Waals surface area contributed by atoms with E-state index < -0.39 is 0 Å². The third-order valence-corrected chi connectivity index (χ3v) is 3.36. The van der Waals surface area contributed by atoms with Gasteiger partial charge in [-0.2, -0.15) is 0 Å². The molecule has 20 heavy (non-hydrogen) atoms. The molecular formula is C15H21NO4. The maximum atomic E-state index is 12.2. The molecule has 5 heteroatoms. The van der Waals surface area contributed by atoms with Crippen LogP contribution in [0.4, 0.5) is 0 Å². The van der Waals surface area contributed by atoms with Gasteiger partial charge in [0.25, 0.3) is 0 Å². The van der Waals surface area contributed by atoms with Crippen molar-refractivity contribution in [3.8, 4) is 5.75 Å². The molecule has 110 valence electrons. The van der Waals surface area contributed by atoms with Gasteiger partial charge in [-0.15, -0.1) is 0 Å². The van der Waals surface area contributed by atoms with Crippen molar-refractivity contribution in [2.24, 2.45) is 0 Å². The van der Waals surface area contributed by atoms with Gasteiger partial charge in [0.15, 0.2) is 0 Å². The zero-order chi connectivity index (χ0) is 14.4. The largest absolute Gasteiger partial charge is 0.493 e. The van der Waals surface area contributed by atoms with Gasteiger partial charge in [-0.1, -0.05) is 18.2 Å². The van der Waals surface area contributed by atoms with Crippen LogP contribution in [0.1, 0.15) is 13.3 Å². The first-order valence-electron chi connectivity index (χ1n) is 6.90. The summed E-state index contributed by atoms with van der Waals surface area (Å²) in [6, 6.07) is 9.48. The molecule has 1 saturated heterocycles. The van der Waals surface area contributed by atoms with Crippen LogP contribution in [0, 0.1) is 0 Å². The maximum absolute atomic E-state index is 12.2. The van der Waals surface area contributed by atoms with Crippen LogP contribution in [0.15, 0.2) is 30.3 Å². The lowest BCUT2D eigenvalue weighted by molar-refractivity contribution is -0.146. The van der Waals surface area contributed by atoms with Crippen molar-refractivity contribution in [3.05, 3.63) is 30.3 Å². The number of ether oxygens (including phenoxy) is 2. The van der Waals surface area contributed by atoms with E-state index in [2.05, 4.69) is 0 Å². The van der Waals surface area contributed by atoms with Gasteiger partial charge >= 0.3 is 0 Å². The number of rotatable bonds is 5. The summed E-state index contributed by atoms with van der Waals surface area (Å²) >= 11 is 0. The minimum absolute atomic E-state index is 0.0372. The topological polar surface area (TPSA) is 59.0 Å². The van der Waals surface area contributed by atoms with Crippen molar-refractivity contribution < 1.29 is 19.4 Å². The number of aliphatic hydroxyl groups excluding tert-OH is 1. The van der Waals surface area contributed by atoms with Gasteiger partial charge in [-0.25, -0.2) is 0 Å². The third-order valence-electron chi connectivity index (χ3n) is 3.36. The lowest BCUT2D eigenvalue weighted by Crippen LogP contribution is -2.52. The smallest absolute Gasteiger partial charge is 0.226 e. The molecule has 0 spiro atoms. The lowest BCUT2D eigenvalue weighted by Gasteiger charge is -2.37. The molecule has 0 saturated carbocycles. The van der Waals surface area contributed by atoms with E-state index in [9.17, 15) is 4.79 Å². The summed E-state index contributed by atoms with van der Waals surface area (Å²) in [5.41, 5.74) is 0. The molecule has 0 aliphatic carbocycles. The van der Waals surface area contributed by atoms with Crippen LogP contribution in [-0.2, 0) is 9.53 Å². The molecule has 0 bridgehead atoms. The first kappa shape index (κ1) is 14.8. The SMILES string of the molecule is CC1COC(CO)CN1C(=O)CCOc1ccccc1. The van der Waals surface area contributed by atoms with E-state index in [1.54, 1.807) is 4.90 Å². The normalized spacial score (nSPS) is 22.6. The molecular weight excluding hydrogens is 258 g/mol. The van der Waals surface area contributed by atoms with E-state index >= 15 is 0 Å². The molecule has 1 aliphatic heterocycles. The fourth-order valence-corrected chi connectivity index (χ4v) is 2.19. The second-order valence-corrected chi connectivity index (χ2v) is 4.94. The monoisotopic (exact) mass is 279 g/mol. The van der Waals surface area contributed by atoms with Crippen LogP contribution < -0.4 is 4.74 Å². The average Bonchev–Trinajstić information content (AvgIpc) is 2.48. The van der Waals surface area contributed by atoms with E-state index in [1.165, 1.54) is 0 Å². The van der Waals surface area contributed by atoms with Crippen molar-refractivity contribution in [2.75, 3.05) is 26.4 Å². The molecule has 1 aliphatic rings. The molecule has 1 aromatic rings. The highest BCUT2D eigenvalue weighted by atomic mass is 16.5. The van der Waals surface area contributed by atoms with Crippen LogP contribution in [0.5, 0.6) is 5.75 Å². The summed E-state index contributed by atoms with van der Waals surface area (Å²) in [6.45, 7) is 3.16. The zero-order valence-electron chi connectivity index (χ0n) is 11.7. The molecule has 1 fully saturated rings. The summed E-state index contributed by atoms with van der Waals surface area (Å²) in [7, 11) is 0. The standard InChI is InChI=1S/C15H21NO4/c1-12-11-20-14(10-17)9-16(12)15(18)7-8-19-13-5-3-2-4-6-13/h2-6,12,14,17H,7-11H2,1H3. The fourth-order valence-electron chi connectivity index (χ4n) is 2.19. The number of hydrogen-bond acceptors (Lipinski definition) is 4. The fraction of sp³-hybridized carbons (Fsp3) is 0.533. The first-order chi connectivity index (χ1) is 9.70. The predicted octanol–water partition coefficient (Wildman–Crippen LogP) is 1.06. The van der Waals surface area contributed by atoms with Gasteiger partial charge in [0.1, 0.15) is 5.75 Å². The average molecular weight is 279 g/mol. The first-order valence-corrected chi connectivity index (χ1v) is 6.90. The number of nitrogens with zero attached hydrogens (tertiary/aromatic N) is 1. The Hall–Kier alpha value is -1.59. The predicted molar refractivity (Wildman–Crippen MR) is 74.6 cm³/mol. The molecule has 1 N–H and O–H groups in total. The number of morpholine rings is 1. The van der Waals surface area contributed by atoms with Crippen LogP contribution in [0.3, 0.4) is 0 Å². The Morgan fingerprint density at radius 2 is 2.20 bits per heavy atom.